The highest BCUT2D eigenvalue weighted by molar-refractivity contribution is 5.79. The van der Waals surface area contributed by atoms with Crippen LogP contribution in [0.25, 0.3) is 0 Å². The van der Waals surface area contributed by atoms with Gasteiger partial charge in [-0.15, -0.1) is 0 Å². The van der Waals surface area contributed by atoms with Gasteiger partial charge in [0.15, 0.2) is 0 Å². The van der Waals surface area contributed by atoms with E-state index in [0.29, 0.717) is 6.54 Å². The molecule has 1 amide bonds. The predicted molar refractivity (Wildman–Crippen MR) is 108 cm³/mol. The van der Waals surface area contributed by atoms with E-state index < -0.39 is 0 Å². The lowest BCUT2D eigenvalue weighted by molar-refractivity contribution is -0.125. The number of aromatic nitrogens is 1. The number of hydrogen-bond acceptors (Lipinski definition) is 4. The SMILES string of the molecule is CCCCOc1ccc(CNC(=O)[C@@H]2CCCN(c3ccncc3)C2)cc1. The summed E-state index contributed by atoms with van der Waals surface area (Å²) in [6.45, 7) is 5.22. The Kier molecular flexibility index (Phi) is 7.08. The van der Waals surface area contributed by atoms with Crippen LogP contribution in [0.5, 0.6) is 5.75 Å². The lowest BCUT2D eigenvalue weighted by Gasteiger charge is -2.33. The van der Waals surface area contributed by atoms with Crippen molar-refractivity contribution in [1.82, 2.24) is 10.3 Å². The second-order valence-corrected chi connectivity index (χ2v) is 7.05. The predicted octanol–water partition coefficient (Wildman–Crippen LogP) is 3.79. The summed E-state index contributed by atoms with van der Waals surface area (Å²) < 4.78 is 5.68. The molecule has 1 aromatic carbocycles. The Bertz CT molecular complexity index is 703. The van der Waals surface area contributed by atoms with E-state index >= 15 is 0 Å². The monoisotopic (exact) mass is 367 g/mol. The number of unbranched alkanes of at least 4 members (excludes halogenated alkanes) is 1. The van der Waals surface area contributed by atoms with Crippen molar-refractivity contribution in [2.24, 2.45) is 5.92 Å². The number of nitrogens with zero attached hydrogens (tertiary/aromatic N) is 2. The highest BCUT2D eigenvalue weighted by Crippen LogP contribution is 2.22. The van der Waals surface area contributed by atoms with Gasteiger partial charge in [0.05, 0.1) is 12.5 Å². The molecule has 1 aromatic heterocycles. The summed E-state index contributed by atoms with van der Waals surface area (Å²) in [7, 11) is 0. The molecule has 2 heterocycles. The number of amides is 1. The summed E-state index contributed by atoms with van der Waals surface area (Å²) in [6, 6.07) is 12.0. The number of rotatable bonds is 8. The fraction of sp³-hybridized carbons (Fsp3) is 0.455. The summed E-state index contributed by atoms with van der Waals surface area (Å²) in [6.07, 6.45) is 7.77. The topological polar surface area (TPSA) is 54.5 Å². The van der Waals surface area contributed by atoms with Gasteiger partial charge in [-0.2, -0.15) is 0 Å². The molecule has 1 atom stereocenters. The number of ether oxygens (including phenoxy) is 1. The first-order valence-corrected chi connectivity index (χ1v) is 9.90. The number of nitrogens with one attached hydrogen (secondary N) is 1. The molecule has 2 aromatic rings. The zero-order valence-corrected chi connectivity index (χ0v) is 16.1. The van der Waals surface area contributed by atoms with Crippen molar-refractivity contribution >= 4 is 11.6 Å². The normalized spacial score (nSPS) is 16.8. The van der Waals surface area contributed by atoms with E-state index in [4.69, 9.17) is 4.74 Å². The van der Waals surface area contributed by atoms with Crippen LogP contribution >= 0.6 is 0 Å². The first-order chi connectivity index (χ1) is 13.3. The number of anilines is 1. The van der Waals surface area contributed by atoms with Gasteiger partial charge in [-0.3, -0.25) is 9.78 Å². The highest BCUT2D eigenvalue weighted by atomic mass is 16.5. The van der Waals surface area contributed by atoms with Crippen LogP contribution in [0.1, 0.15) is 38.2 Å². The van der Waals surface area contributed by atoms with Crippen molar-refractivity contribution in [3.63, 3.8) is 0 Å². The van der Waals surface area contributed by atoms with Gasteiger partial charge in [0.1, 0.15) is 5.75 Å². The molecule has 0 unspecified atom stereocenters. The van der Waals surface area contributed by atoms with Gasteiger partial charge < -0.3 is 15.0 Å². The molecule has 0 aliphatic carbocycles. The number of benzene rings is 1. The molecular formula is C22H29N3O2. The zero-order valence-electron chi connectivity index (χ0n) is 16.1. The van der Waals surface area contributed by atoms with Crippen LogP contribution in [0.4, 0.5) is 5.69 Å². The van der Waals surface area contributed by atoms with Crippen LogP contribution in [0.2, 0.25) is 0 Å². The summed E-state index contributed by atoms with van der Waals surface area (Å²) >= 11 is 0. The molecule has 1 aliphatic heterocycles. The van der Waals surface area contributed by atoms with E-state index in [9.17, 15) is 4.79 Å². The van der Waals surface area contributed by atoms with Crippen molar-refractivity contribution in [3.8, 4) is 5.75 Å². The molecule has 0 radical (unpaired) electrons. The number of carbonyl (C=O) groups excluding carboxylic acids is 1. The van der Waals surface area contributed by atoms with Gasteiger partial charge in [0.2, 0.25) is 5.91 Å². The van der Waals surface area contributed by atoms with Crippen molar-refractivity contribution in [2.45, 2.75) is 39.2 Å². The summed E-state index contributed by atoms with van der Waals surface area (Å²) in [4.78, 5) is 19.0. The van der Waals surface area contributed by atoms with Gasteiger partial charge in [0, 0.05) is 37.7 Å². The van der Waals surface area contributed by atoms with Gasteiger partial charge >= 0.3 is 0 Å². The lowest BCUT2D eigenvalue weighted by atomic mass is 9.96. The molecule has 0 bridgehead atoms. The first kappa shape index (κ1) is 19.2. The number of pyridine rings is 1. The maximum atomic E-state index is 12.6. The molecule has 1 aliphatic rings. The largest absolute Gasteiger partial charge is 0.494 e. The molecule has 5 heteroatoms. The molecule has 1 saturated heterocycles. The second kappa shape index (κ2) is 9.95. The highest BCUT2D eigenvalue weighted by Gasteiger charge is 2.25. The Labute approximate surface area is 161 Å². The van der Waals surface area contributed by atoms with Crippen molar-refractivity contribution in [3.05, 3.63) is 54.4 Å². The number of carbonyl (C=O) groups is 1. The quantitative estimate of drug-likeness (QED) is 0.721. The molecule has 144 valence electrons. The Balaban J connectivity index is 1.47. The van der Waals surface area contributed by atoms with Gasteiger partial charge in [-0.25, -0.2) is 0 Å². The van der Waals surface area contributed by atoms with Gasteiger partial charge in [0.25, 0.3) is 0 Å². The van der Waals surface area contributed by atoms with Crippen LogP contribution in [0.15, 0.2) is 48.8 Å². The molecule has 3 rings (SSSR count). The van der Waals surface area contributed by atoms with Crippen LogP contribution in [-0.4, -0.2) is 30.6 Å². The van der Waals surface area contributed by atoms with E-state index in [-0.39, 0.29) is 11.8 Å². The molecule has 0 spiro atoms. The minimum Gasteiger partial charge on any atom is -0.494 e. The van der Waals surface area contributed by atoms with Crippen molar-refractivity contribution < 1.29 is 9.53 Å². The lowest BCUT2D eigenvalue weighted by Crippen LogP contribution is -2.43. The Morgan fingerprint density at radius 1 is 1.22 bits per heavy atom. The molecule has 27 heavy (non-hydrogen) atoms. The van der Waals surface area contributed by atoms with E-state index in [1.807, 2.05) is 36.4 Å². The summed E-state index contributed by atoms with van der Waals surface area (Å²) in [5.74, 6) is 1.05. The molecule has 1 N–H and O–H groups in total. The third-order valence-electron chi connectivity index (χ3n) is 4.98. The zero-order chi connectivity index (χ0) is 18.9. The van der Waals surface area contributed by atoms with Crippen LogP contribution in [0, 0.1) is 5.92 Å². The average molecular weight is 367 g/mol. The Morgan fingerprint density at radius 2 is 2.00 bits per heavy atom. The number of hydrogen-bond donors (Lipinski definition) is 1. The fourth-order valence-corrected chi connectivity index (χ4v) is 3.35. The van der Waals surface area contributed by atoms with Crippen LogP contribution < -0.4 is 15.0 Å². The number of piperidine rings is 1. The van der Waals surface area contributed by atoms with Crippen LogP contribution in [-0.2, 0) is 11.3 Å². The summed E-state index contributed by atoms with van der Waals surface area (Å²) in [5.41, 5.74) is 2.23. The van der Waals surface area contributed by atoms with E-state index in [1.165, 1.54) is 0 Å². The first-order valence-electron chi connectivity index (χ1n) is 9.90. The minimum atomic E-state index is 0.0311. The second-order valence-electron chi connectivity index (χ2n) is 7.05. The third kappa shape index (κ3) is 5.71. The third-order valence-corrected chi connectivity index (χ3v) is 4.98. The van der Waals surface area contributed by atoms with E-state index in [0.717, 1.165) is 62.4 Å². The van der Waals surface area contributed by atoms with Crippen molar-refractivity contribution in [1.29, 1.82) is 0 Å². The standard InChI is InChI=1S/C22H29N3O2/c1-2-3-15-27-21-8-6-18(7-9-21)16-24-22(26)19-5-4-14-25(17-19)20-10-12-23-13-11-20/h6-13,19H,2-5,14-17H2,1H3,(H,24,26)/t19-/m1/s1. The van der Waals surface area contributed by atoms with Gasteiger partial charge in [-0.1, -0.05) is 25.5 Å². The summed E-state index contributed by atoms with van der Waals surface area (Å²) in [5, 5.41) is 3.09. The Hall–Kier alpha value is -2.56. The van der Waals surface area contributed by atoms with Gasteiger partial charge in [-0.05, 0) is 49.1 Å². The van der Waals surface area contributed by atoms with Crippen molar-refractivity contribution in [2.75, 3.05) is 24.6 Å². The Morgan fingerprint density at radius 3 is 2.74 bits per heavy atom. The maximum Gasteiger partial charge on any atom is 0.225 e. The molecule has 1 fully saturated rings. The fourth-order valence-electron chi connectivity index (χ4n) is 3.35. The molecule has 5 nitrogen and oxygen atoms in total. The molecule has 0 saturated carbocycles. The average Bonchev–Trinajstić information content (AvgIpc) is 2.74. The smallest absolute Gasteiger partial charge is 0.225 e. The van der Waals surface area contributed by atoms with Crippen LogP contribution in [0.3, 0.4) is 0 Å². The molecular weight excluding hydrogens is 338 g/mol. The maximum absolute atomic E-state index is 12.6. The minimum absolute atomic E-state index is 0.0311. The van der Waals surface area contributed by atoms with E-state index in [1.54, 1.807) is 12.4 Å². The van der Waals surface area contributed by atoms with E-state index in [2.05, 4.69) is 22.1 Å².